The van der Waals surface area contributed by atoms with Crippen LogP contribution in [0, 0.1) is 11.8 Å². The fraction of sp³-hybridized carbons (Fsp3) is 0.548. The molecule has 2 rings (SSSR count). The van der Waals surface area contributed by atoms with Gasteiger partial charge in [0, 0.05) is 49.7 Å². The molecule has 0 fully saturated rings. The van der Waals surface area contributed by atoms with E-state index < -0.39 is 53.9 Å². The molecule has 1 aliphatic carbocycles. The lowest BCUT2D eigenvalue weighted by molar-refractivity contribution is -0.120. The summed E-state index contributed by atoms with van der Waals surface area (Å²) in [6.45, 7) is 7.51. The zero-order valence-electron chi connectivity index (χ0n) is 26.0. The molecule has 2 amide bonds. The second kappa shape index (κ2) is 17.2. The van der Waals surface area contributed by atoms with Crippen molar-refractivity contribution in [2.24, 2.45) is 17.6 Å². The van der Waals surface area contributed by atoms with Crippen molar-refractivity contribution in [1.29, 1.82) is 0 Å². The molecule has 0 aromatic carbocycles. The van der Waals surface area contributed by atoms with Crippen LogP contribution in [0.4, 0.5) is 4.79 Å². The number of allylic oxidation sites excluding steroid dienone is 4. The minimum Gasteiger partial charge on any atom is -0.439 e. The van der Waals surface area contributed by atoms with Crippen LogP contribution in [0.3, 0.4) is 0 Å². The smallest absolute Gasteiger partial charge is 0.405 e. The average molecular weight is 620 g/mol. The Morgan fingerprint density at radius 1 is 1.19 bits per heavy atom. The maximum absolute atomic E-state index is 13.6. The van der Waals surface area contributed by atoms with Crippen LogP contribution in [-0.4, -0.2) is 85.9 Å². The van der Waals surface area contributed by atoms with Gasteiger partial charge in [-0.05, 0) is 44.4 Å². The Labute approximate surface area is 258 Å². The monoisotopic (exact) mass is 619 g/mol. The molecule has 0 spiro atoms. The largest absolute Gasteiger partial charge is 0.439 e. The van der Waals surface area contributed by atoms with E-state index in [1.54, 1.807) is 43.8 Å². The molecule has 1 aliphatic heterocycles. The van der Waals surface area contributed by atoms with Crippen molar-refractivity contribution in [1.82, 2.24) is 10.6 Å². The molecule has 238 valence electrons. The van der Waals surface area contributed by atoms with Gasteiger partial charge in [0.2, 0.25) is 11.6 Å². The number of hydrogen-bond donors (Lipinski definition) is 4. The average Bonchev–Trinajstić information content (AvgIpc) is 2.95. The number of carbonyl (C=O) groups excluding carboxylic acids is 4. The van der Waals surface area contributed by atoms with Gasteiger partial charge in [0.25, 0.3) is 5.91 Å². The second-order valence-electron chi connectivity index (χ2n) is 10.9. The molecule has 0 aromatic rings. The standard InChI is InChI=1S/C31H45N3O8S/c1-17-13-21-26(33-11-12-43-7)23(35)16-22(28(21)37)34-30(38)18(2)9-8-10-24(40-5)29(42-31(32)39)20(4)15-19(3)27(36)25(14-17)41-6/h8-10,15-17,19,24-25,27,29,33,36H,11-14H2,1-7H3,(H2,32,39)(H,34,38)/b10-8-,18-9+,20-15+/t17-,19+,24+,25+,27-,29+/m1/s1. The number of ketones is 2. The van der Waals surface area contributed by atoms with Crippen molar-refractivity contribution in [2.75, 3.05) is 32.8 Å². The molecule has 1 heterocycles. The number of methoxy groups -OCH3 is 2. The number of rotatable bonds is 7. The Balaban J connectivity index is 2.61. The molecule has 0 saturated heterocycles. The third-order valence-electron chi connectivity index (χ3n) is 7.40. The van der Waals surface area contributed by atoms with Crippen LogP contribution in [0.5, 0.6) is 0 Å². The number of carbonyl (C=O) groups is 4. The van der Waals surface area contributed by atoms with E-state index in [0.29, 0.717) is 18.5 Å². The molecule has 6 atom stereocenters. The van der Waals surface area contributed by atoms with Gasteiger partial charge in [0.05, 0.1) is 23.6 Å². The number of aliphatic hydroxyl groups excluding tert-OH is 1. The normalized spacial score (nSPS) is 31.3. The number of fused-ring (bicyclic) bond motifs is 2. The minimum absolute atomic E-state index is 0.108. The van der Waals surface area contributed by atoms with Crippen LogP contribution < -0.4 is 16.4 Å². The molecule has 12 heteroatoms. The van der Waals surface area contributed by atoms with Gasteiger partial charge in [-0.2, -0.15) is 11.8 Å². The Bertz CT molecular complexity index is 1210. The first-order valence-electron chi connectivity index (χ1n) is 14.2. The molecule has 5 N–H and O–H groups in total. The number of amides is 2. The molecule has 0 unspecified atom stereocenters. The summed E-state index contributed by atoms with van der Waals surface area (Å²) in [4.78, 5) is 51.5. The fourth-order valence-corrected chi connectivity index (χ4v) is 5.36. The summed E-state index contributed by atoms with van der Waals surface area (Å²) in [5.41, 5.74) is 6.59. The Hall–Kier alpha value is -3.19. The number of hydrogen-bond acceptors (Lipinski definition) is 10. The number of thioether (sulfide) groups is 1. The first kappa shape index (κ1) is 36.0. The van der Waals surface area contributed by atoms with Gasteiger partial charge in [-0.3, -0.25) is 14.4 Å². The number of ether oxygens (including phenoxy) is 3. The molecule has 2 bridgehead atoms. The highest BCUT2D eigenvalue weighted by molar-refractivity contribution is 7.98. The van der Waals surface area contributed by atoms with Crippen LogP contribution in [-0.2, 0) is 28.6 Å². The molecule has 0 saturated carbocycles. The third-order valence-corrected chi connectivity index (χ3v) is 8.01. The van der Waals surface area contributed by atoms with E-state index in [1.807, 2.05) is 20.1 Å². The molecule has 43 heavy (non-hydrogen) atoms. The van der Waals surface area contributed by atoms with E-state index in [2.05, 4.69) is 10.6 Å². The van der Waals surface area contributed by atoms with E-state index in [9.17, 15) is 24.3 Å². The quantitative estimate of drug-likeness (QED) is 0.189. The van der Waals surface area contributed by atoms with Gasteiger partial charge in [-0.15, -0.1) is 0 Å². The fourth-order valence-electron chi connectivity index (χ4n) is 5.06. The highest BCUT2D eigenvalue weighted by Gasteiger charge is 2.33. The Morgan fingerprint density at radius 3 is 2.49 bits per heavy atom. The third kappa shape index (κ3) is 10.2. The first-order chi connectivity index (χ1) is 20.3. The zero-order chi connectivity index (χ0) is 32.3. The lowest BCUT2D eigenvalue weighted by Gasteiger charge is -2.30. The van der Waals surface area contributed by atoms with Crippen molar-refractivity contribution in [3.63, 3.8) is 0 Å². The van der Waals surface area contributed by atoms with Crippen molar-refractivity contribution < 1.29 is 38.5 Å². The van der Waals surface area contributed by atoms with Crippen LogP contribution in [0.1, 0.15) is 40.5 Å². The lowest BCUT2D eigenvalue weighted by atomic mass is 9.85. The van der Waals surface area contributed by atoms with E-state index in [0.717, 1.165) is 11.8 Å². The summed E-state index contributed by atoms with van der Waals surface area (Å²) in [6, 6.07) is 0. The van der Waals surface area contributed by atoms with E-state index in [4.69, 9.17) is 19.9 Å². The molecular formula is C31H45N3O8S. The number of nitrogens with one attached hydrogen (secondary N) is 2. The highest BCUT2D eigenvalue weighted by atomic mass is 32.2. The van der Waals surface area contributed by atoms with Crippen LogP contribution in [0.2, 0.25) is 0 Å². The Morgan fingerprint density at radius 2 is 1.88 bits per heavy atom. The summed E-state index contributed by atoms with van der Waals surface area (Å²) < 4.78 is 16.6. The van der Waals surface area contributed by atoms with Crippen molar-refractivity contribution >= 4 is 35.3 Å². The van der Waals surface area contributed by atoms with Gasteiger partial charge in [0.15, 0.2) is 6.10 Å². The number of aliphatic hydroxyl groups is 1. The molecule has 2 aliphatic rings. The summed E-state index contributed by atoms with van der Waals surface area (Å²) in [6.07, 6.45) is 5.87. The summed E-state index contributed by atoms with van der Waals surface area (Å²) in [7, 11) is 2.94. The van der Waals surface area contributed by atoms with E-state index >= 15 is 0 Å². The van der Waals surface area contributed by atoms with Crippen molar-refractivity contribution in [2.45, 2.75) is 65.0 Å². The molecular weight excluding hydrogens is 574 g/mol. The van der Waals surface area contributed by atoms with Crippen molar-refractivity contribution in [3.8, 4) is 0 Å². The van der Waals surface area contributed by atoms with Gasteiger partial charge >= 0.3 is 6.09 Å². The molecule has 0 aromatic heterocycles. The summed E-state index contributed by atoms with van der Waals surface area (Å²) in [5, 5.41) is 17.0. The Kier molecular flexibility index (Phi) is 14.4. The summed E-state index contributed by atoms with van der Waals surface area (Å²) in [5.74, 6) is -1.29. The zero-order valence-corrected chi connectivity index (χ0v) is 26.8. The van der Waals surface area contributed by atoms with Crippen molar-refractivity contribution in [3.05, 3.63) is 58.5 Å². The van der Waals surface area contributed by atoms with E-state index in [-0.39, 0.29) is 34.9 Å². The first-order valence-corrected chi connectivity index (χ1v) is 15.5. The summed E-state index contributed by atoms with van der Waals surface area (Å²) >= 11 is 1.60. The lowest BCUT2D eigenvalue weighted by Crippen LogP contribution is -2.38. The predicted octanol–water partition coefficient (Wildman–Crippen LogP) is 2.71. The van der Waals surface area contributed by atoms with E-state index in [1.165, 1.54) is 20.3 Å². The van der Waals surface area contributed by atoms with Gasteiger partial charge in [-0.25, -0.2) is 4.79 Å². The second-order valence-corrected chi connectivity index (χ2v) is 11.8. The van der Waals surface area contributed by atoms with Crippen LogP contribution in [0.15, 0.2) is 58.5 Å². The van der Waals surface area contributed by atoms with Gasteiger partial charge in [0.1, 0.15) is 6.10 Å². The molecule has 0 radical (unpaired) electrons. The van der Waals surface area contributed by atoms with Crippen LogP contribution >= 0.6 is 11.8 Å². The number of nitrogens with two attached hydrogens (primary N) is 1. The molecule has 11 nitrogen and oxygen atoms in total. The van der Waals surface area contributed by atoms with Gasteiger partial charge < -0.3 is 35.7 Å². The maximum atomic E-state index is 13.6. The topological polar surface area (TPSA) is 166 Å². The van der Waals surface area contributed by atoms with Gasteiger partial charge in [-0.1, -0.05) is 38.2 Å². The van der Waals surface area contributed by atoms with Crippen LogP contribution in [0.25, 0.3) is 0 Å². The minimum atomic E-state index is -0.996. The number of Topliss-reactive ketones (excluding diaryl/α,β-unsaturated/α-hetero) is 1. The maximum Gasteiger partial charge on any atom is 0.405 e. The predicted molar refractivity (Wildman–Crippen MR) is 166 cm³/mol. The number of primary amides is 1. The highest BCUT2D eigenvalue weighted by Crippen LogP contribution is 2.28. The SMILES string of the molecule is CO[C@H]1/C=C\C=C(/C)C(=O)NC2=CC(=O)C(NCCSC)=C(C[C@@H](C)C[C@H](OC)[C@H](O)[C@@H](C)/C=C(\C)[C@@H]1OC(N)=O)C2=O.